The first-order valence-corrected chi connectivity index (χ1v) is 11.4. The Balaban J connectivity index is 1.92. The number of nitro groups is 1. The first-order chi connectivity index (χ1) is 17.7. The van der Waals surface area contributed by atoms with E-state index in [0.717, 1.165) is 11.1 Å². The molecule has 0 heterocycles. The maximum Gasteiger partial charge on any atom is 0.408 e. The van der Waals surface area contributed by atoms with Crippen molar-refractivity contribution in [3.63, 3.8) is 0 Å². The molecule has 5 N–H and O–H groups in total. The van der Waals surface area contributed by atoms with E-state index in [4.69, 9.17) is 15.2 Å². The SMILES string of the molecule is C[C@H](NC(=O)[C@H](CCCN/C(N)=N/[N+](=O)[O-])NC(=O)OCc1ccccc1)C(=O)OCc1ccccc1. The van der Waals surface area contributed by atoms with Crippen molar-refractivity contribution in [1.82, 2.24) is 16.0 Å². The molecule has 13 nitrogen and oxygen atoms in total. The third-order valence-electron chi connectivity index (χ3n) is 4.92. The first-order valence-electron chi connectivity index (χ1n) is 11.4. The number of amides is 2. The van der Waals surface area contributed by atoms with Crippen LogP contribution in [0.15, 0.2) is 65.8 Å². The highest BCUT2D eigenvalue weighted by Crippen LogP contribution is 2.05. The van der Waals surface area contributed by atoms with Crippen molar-refractivity contribution in [2.24, 2.45) is 10.8 Å². The lowest BCUT2D eigenvalue weighted by atomic mass is 10.1. The Morgan fingerprint density at radius 3 is 2.11 bits per heavy atom. The average Bonchev–Trinajstić information content (AvgIpc) is 2.88. The lowest BCUT2D eigenvalue weighted by Gasteiger charge is -2.21. The zero-order valence-corrected chi connectivity index (χ0v) is 20.3. The van der Waals surface area contributed by atoms with Gasteiger partial charge in [0.05, 0.1) is 0 Å². The number of ether oxygens (including phenoxy) is 2. The summed E-state index contributed by atoms with van der Waals surface area (Å²) in [7, 11) is 0. The Hall–Kier alpha value is -4.68. The van der Waals surface area contributed by atoms with Crippen molar-refractivity contribution in [3.05, 3.63) is 81.9 Å². The molecule has 2 rings (SSSR count). The van der Waals surface area contributed by atoms with E-state index in [9.17, 15) is 24.5 Å². The zero-order valence-electron chi connectivity index (χ0n) is 20.3. The molecule has 0 saturated carbocycles. The molecule has 0 aliphatic heterocycles. The summed E-state index contributed by atoms with van der Waals surface area (Å²) in [6.07, 6.45) is -0.445. The van der Waals surface area contributed by atoms with Crippen LogP contribution < -0.4 is 21.7 Å². The van der Waals surface area contributed by atoms with Gasteiger partial charge in [0.25, 0.3) is 5.96 Å². The fraction of sp³-hybridized carbons (Fsp3) is 0.333. The van der Waals surface area contributed by atoms with E-state index in [-0.39, 0.29) is 32.6 Å². The number of carbonyl (C=O) groups excluding carboxylic acids is 3. The van der Waals surface area contributed by atoms with Crippen LogP contribution in [-0.2, 0) is 32.3 Å². The van der Waals surface area contributed by atoms with Crippen LogP contribution in [0.25, 0.3) is 0 Å². The molecule has 13 heteroatoms. The number of benzene rings is 2. The maximum atomic E-state index is 12.9. The molecule has 2 amide bonds. The van der Waals surface area contributed by atoms with Gasteiger partial charge in [-0.25, -0.2) is 19.7 Å². The van der Waals surface area contributed by atoms with Crippen molar-refractivity contribution in [2.75, 3.05) is 6.54 Å². The second-order valence-corrected chi connectivity index (χ2v) is 7.87. The molecule has 0 aliphatic rings. The highest BCUT2D eigenvalue weighted by molar-refractivity contribution is 5.89. The molecule has 2 aromatic carbocycles. The minimum Gasteiger partial charge on any atom is -0.459 e. The second kappa shape index (κ2) is 15.3. The summed E-state index contributed by atoms with van der Waals surface area (Å²) >= 11 is 0. The largest absolute Gasteiger partial charge is 0.459 e. The molecule has 0 spiro atoms. The Bertz CT molecular complexity index is 1070. The predicted molar refractivity (Wildman–Crippen MR) is 133 cm³/mol. The van der Waals surface area contributed by atoms with Gasteiger partial charge in [-0.15, -0.1) is 0 Å². The summed E-state index contributed by atoms with van der Waals surface area (Å²) in [6, 6.07) is 16.0. The van der Waals surface area contributed by atoms with Gasteiger partial charge < -0.3 is 31.2 Å². The Labute approximate surface area is 213 Å². The maximum absolute atomic E-state index is 12.9. The van der Waals surface area contributed by atoms with Gasteiger partial charge in [0.2, 0.25) is 5.91 Å². The third-order valence-corrected chi connectivity index (χ3v) is 4.92. The van der Waals surface area contributed by atoms with Gasteiger partial charge in [-0.05, 0) is 30.9 Å². The normalized spacial score (nSPS) is 12.5. The first kappa shape index (κ1) is 28.6. The van der Waals surface area contributed by atoms with Gasteiger partial charge in [-0.2, -0.15) is 0 Å². The number of rotatable bonds is 13. The Morgan fingerprint density at radius 1 is 0.973 bits per heavy atom. The molecule has 0 radical (unpaired) electrons. The Morgan fingerprint density at radius 2 is 1.54 bits per heavy atom. The number of alkyl carbamates (subject to hydrolysis) is 1. The molecule has 0 fully saturated rings. The molecule has 0 aromatic heterocycles. The number of nitrogens with zero attached hydrogens (tertiary/aromatic N) is 2. The number of nitrogens with one attached hydrogen (secondary N) is 3. The van der Waals surface area contributed by atoms with E-state index in [1.165, 1.54) is 6.92 Å². The van der Waals surface area contributed by atoms with E-state index >= 15 is 0 Å². The summed E-state index contributed by atoms with van der Waals surface area (Å²) in [4.78, 5) is 47.9. The van der Waals surface area contributed by atoms with Crippen LogP contribution in [0.5, 0.6) is 0 Å². The van der Waals surface area contributed by atoms with E-state index < -0.39 is 41.0 Å². The van der Waals surface area contributed by atoms with Crippen LogP contribution in [0.4, 0.5) is 4.79 Å². The van der Waals surface area contributed by atoms with Gasteiger partial charge in [0, 0.05) is 6.54 Å². The lowest BCUT2D eigenvalue weighted by Crippen LogP contribution is -2.51. The van der Waals surface area contributed by atoms with Crippen molar-refractivity contribution in [1.29, 1.82) is 0 Å². The number of hydrogen-bond donors (Lipinski definition) is 4. The summed E-state index contributed by atoms with van der Waals surface area (Å²) in [5.41, 5.74) is 6.93. The number of esters is 1. The lowest BCUT2D eigenvalue weighted by molar-refractivity contribution is -0.485. The summed E-state index contributed by atoms with van der Waals surface area (Å²) < 4.78 is 10.4. The quantitative estimate of drug-likeness (QED) is 0.0765. The fourth-order valence-electron chi connectivity index (χ4n) is 3.05. The summed E-state index contributed by atoms with van der Waals surface area (Å²) in [6.45, 7) is 1.65. The Kier molecular flexibility index (Phi) is 11.8. The summed E-state index contributed by atoms with van der Waals surface area (Å²) in [5, 5.41) is 19.9. The molecule has 2 atom stereocenters. The molecular formula is C24H30N6O7. The minimum atomic E-state index is -1.07. The molecule has 0 saturated heterocycles. The van der Waals surface area contributed by atoms with Crippen molar-refractivity contribution in [3.8, 4) is 0 Å². The van der Waals surface area contributed by atoms with Gasteiger partial charge in [0.15, 0.2) is 5.03 Å². The monoisotopic (exact) mass is 514 g/mol. The number of carbonyl (C=O) groups is 3. The molecule has 198 valence electrons. The smallest absolute Gasteiger partial charge is 0.408 e. The van der Waals surface area contributed by atoms with Gasteiger partial charge in [-0.3, -0.25) is 4.79 Å². The van der Waals surface area contributed by atoms with Gasteiger partial charge in [-0.1, -0.05) is 60.7 Å². The molecule has 0 aliphatic carbocycles. The molecule has 0 bridgehead atoms. The van der Waals surface area contributed by atoms with Gasteiger partial charge >= 0.3 is 12.1 Å². The van der Waals surface area contributed by atoms with Crippen LogP contribution in [0, 0.1) is 10.1 Å². The van der Waals surface area contributed by atoms with E-state index in [2.05, 4.69) is 21.1 Å². The summed E-state index contributed by atoms with van der Waals surface area (Å²) in [5.74, 6) is -1.67. The molecular weight excluding hydrogens is 484 g/mol. The van der Waals surface area contributed by atoms with Crippen LogP contribution in [-0.4, -0.2) is 47.6 Å². The highest BCUT2D eigenvalue weighted by atomic mass is 16.7. The highest BCUT2D eigenvalue weighted by Gasteiger charge is 2.25. The number of guanidine groups is 1. The van der Waals surface area contributed by atoms with Crippen LogP contribution in [0.2, 0.25) is 0 Å². The number of hydrogen-bond acceptors (Lipinski definition) is 7. The van der Waals surface area contributed by atoms with E-state index in [0.29, 0.717) is 0 Å². The zero-order chi connectivity index (χ0) is 27.0. The number of nitrogens with two attached hydrogens (primary N) is 1. The standard InChI is InChI=1S/C24H30N6O7/c1-17(22(32)36-15-18-9-4-2-5-10-18)27-21(31)20(13-8-14-26-23(25)29-30(34)35)28-24(33)37-16-19-11-6-3-7-12-19/h2-7,9-12,17,20H,8,13-16H2,1H3,(H,27,31)(H,28,33)(H3,25,26,29)/t17-,20-/m0/s1. The molecule has 0 unspecified atom stereocenters. The van der Waals surface area contributed by atoms with Crippen LogP contribution >= 0.6 is 0 Å². The third kappa shape index (κ3) is 11.5. The van der Waals surface area contributed by atoms with Crippen LogP contribution in [0.3, 0.4) is 0 Å². The van der Waals surface area contributed by atoms with Gasteiger partial charge in [0.1, 0.15) is 30.4 Å². The van der Waals surface area contributed by atoms with E-state index in [1.54, 1.807) is 36.4 Å². The average molecular weight is 515 g/mol. The second-order valence-electron chi connectivity index (χ2n) is 7.87. The molecule has 37 heavy (non-hydrogen) atoms. The molecule has 2 aromatic rings. The number of hydrazone groups is 1. The fourth-order valence-corrected chi connectivity index (χ4v) is 3.05. The van der Waals surface area contributed by atoms with E-state index in [1.807, 2.05) is 24.3 Å². The van der Waals surface area contributed by atoms with Crippen molar-refractivity contribution < 1.29 is 28.9 Å². The van der Waals surface area contributed by atoms with Crippen molar-refractivity contribution in [2.45, 2.75) is 45.1 Å². The van der Waals surface area contributed by atoms with Crippen LogP contribution in [0.1, 0.15) is 30.9 Å². The topological polar surface area (TPSA) is 187 Å². The predicted octanol–water partition coefficient (Wildman–Crippen LogP) is 1.41. The van der Waals surface area contributed by atoms with Crippen molar-refractivity contribution >= 4 is 23.9 Å². The minimum absolute atomic E-state index is 0.00132.